The van der Waals surface area contributed by atoms with E-state index in [9.17, 15) is 19.4 Å². The van der Waals surface area contributed by atoms with Gasteiger partial charge in [0.2, 0.25) is 0 Å². The molecule has 0 saturated heterocycles. The Morgan fingerprint density at radius 3 is 2.55 bits per heavy atom. The number of hydrogen-bond donors (Lipinski definition) is 3. The Bertz CT molecular complexity index is 598. The number of phenolic OH excluding ortho intramolecular Hbond substituents is 1. The summed E-state index contributed by atoms with van der Waals surface area (Å²) in [5, 5.41) is 21.7. The van der Waals surface area contributed by atoms with Crippen LogP contribution in [-0.2, 0) is 0 Å². The van der Waals surface area contributed by atoms with E-state index >= 15 is 0 Å². The van der Waals surface area contributed by atoms with Crippen LogP contribution in [0.1, 0.15) is 22.0 Å². The molecule has 0 aliphatic heterocycles. The molecule has 0 fully saturated rings. The van der Waals surface area contributed by atoms with Crippen LogP contribution in [0.2, 0.25) is 0 Å². The molecule has 2 rings (SSSR count). The van der Waals surface area contributed by atoms with Crippen molar-refractivity contribution in [3.63, 3.8) is 0 Å². The molecule has 0 aromatic heterocycles. The van der Waals surface area contributed by atoms with Crippen molar-refractivity contribution in [3.8, 4) is 5.75 Å². The molecule has 5 heteroatoms. The lowest BCUT2D eigenvalue weighted by molar-refractivity contribution is 0.0916. The summed E-state index contributed by atoms with van der Waals surface area (Å²) in [6.07, 6.45) is -0.920. The molecular weight excluding hydrogens is 261 g/mol. The summed E-state index contributed by atoms with van der Waals surface area (Å²) in [6.45, 7) is 0.000121. The summed E-state index contributed by atoms with van der Waals surface area (Å²) in [4.78, 5) is 11.8. The van der Waals surface area contributed by atoms with E-state index in [0.717, 1.165) is 0 Å². The number of aliphatic hydroxyl groups is 1. The van der Waals surface area contributed by atoms with E-state index in [0.29, 0.717) is 11.1 Å². The molecule has 0 radical (unpaired) electrons. The predicted octanol–water partition coefficient (Wildman–Crippen LogP) is 1.99. The van der Waals surface area contributed by atoms with E-state index in [4.69, 9.17) is 0 Å². The molecule has 0 saturated carbocycles. The first-order valence-electron chi connectivity index (χ1n) is 6.07. The predicted molar refractivity (Wildman–Crippen MR) is 71.8 cm³/mol. The summed E-state index contributed by atoms with van der Waals surface area (Å²) in [5.41, 5.74) is 0.818. The van der Waals surface area contributed by atoms with E-state index < -0.39 is 12.0 Å². The first-order valence-corrected chi connectivity index (χ1v) is 6.07. The molecular formula is C15H14FNO3. The standard InChI is InChI=1S/C15H14FNO3/c16-12-6-4-10(5-7-12)14(19)9-17-15(20)11-2-1-3-13(18)8-11/h1-8,14,18-19H,9H2,(H,17,20). The van der Waals surface area contributed by atoms with E-state index in [2.05, 4.69) is 5.32 Å². The van der Waals surface area contributed by atoms with E-state index in [-0.39, 0.29) is 18.1 Å². The zero-order valence-electron chi connectivity index (χ0n) is 10.6. The third kappa shape index (κ3) is 3.55. The number of aliphatic hydroxyl groups excluding tert-OH is 1. The minimum absolute atomic E-state index is 0.000121. The van der Waals surface area contributed by atoms with Crippen LogP contribution in [0.25, 0.3) is 0 Å². The molecule has 0 aliphatic carbocycles. The van der Waals surface area contributed by atoms with Crippen LogP contribution in [0.4, 0.5) is 4.39 Å². The number of carbonyl (C=O) groups excluding carboxylic acids is 1. The third-order valence-electron chi connectivity index (χ3n) is 2.82. The van der Waals surface area contributed by atoms with Gasteiger partial charge < -0.3 is 15.5 Å². The van der Waals surface area contributed by atoms with Gasteiger partial charge in [0.25, 0.3) is 5.91 Å². The van der Waals surface area contributed by atoms with Gasteiger partial charge >= 0.3 is 0 Å². The molecule has 1 atom stereocenters. The van der Waals surface area contributed by atoms with Gasteiger partial charge in [0, 0.05) is 12.1 Å². The maximum atomic E-state index is 12.7. The second kappa shape index (κ2) is 6.16. The van der Waals surface area contributed by atoms with Crippen molar-refractivity contribution < 1.29 is 19.4 Å². The number of benzene rings is 2. The minimum atomic E-state index is -0.920. The number of carbonyl (C=O) groups is 1. The molecule has 0 aliphatic rings. The van der Waals surface area contributed by atoms with Crippen molar-refractivity contribution in [3.05, 3.63) is 65.5 Å². The zero-order valence-corrected chi connectivity index (χ0v) is 10.6. The highest BCUT2D eigenvalue weighted by Crippen LogP contribution is 2.14. The monoisotopic (exact) mass is 275 g/mol. The lowest BCUT2D eigenvalue weighted by atomic mass is 10.1. The van der Waals surface area contributed by atoms with Crippen molar-refractivity contribution >= 4 is 5.91 Å². The van der Waals surface area contributed by atoms with Gasteiger partial charge in [0.15, 0.2) is 0 Å². The Labute approximate surface area is 115 Å². The first-order chi connectivity index (χ1) is 9.56. The second-order valence-corrected chi connectivity index (χ2v) is 4.33. The van der Waals surface area contributed by atoms with Gasteiger partial charge in [-0.2, -0.15) is 0 Å². The van der Waals surface area contributed by atoms with Crippen molar-refractivity contribution in [2.24, 2.45) is 0 Å². The third-order valence-corrected chi connectivity index (χ3v) is 2.82. The van der Waals surface area contributed by atoms with Gasteiger partial charge in [-0.15, -0.1) is 0 Å². The number of halogens is 1. The molecule has 0 bridgehead atoms. The molecule has 3 N–H and O–H groups in total. The van der Waals surface area contributed by atoms with Gasteiger partial charge in [-0.3, -0.25) is 4.79 Å². The molecule has 2 aromatic rings. The summed E-state index contributed by atoms with van der Waals surface area (Å²) in [5.74, 6) is -0.788. The Hall–Kier alpha value is -2.40. The SMILES string of the molecule is O=C(NCC(O)c1ccc(F)cc1)c1cccc(O)c1. The maximum absolute atomic E-state index is 12.7. The maximum Gasteiger partial charge on any atom is 0.251 e. The summed E-state index contributed by atoms with van der Waals surface area (Å²) < 4.78 is 12.7. The molecule has 104 valence electrons. The van der Waals surface area contributed by atoms with Crippen LogP contribution >= 0.6 is 0 Å². The van der Waals surface area contributed by atoms with Crippen molar-refractivity contribution in [2.45, 2.75) is 6.10 Å². The smallest absolute Gasteiger partial charge is 0.251 e. The molecule has 4 nitrogen and oxygen atoms in total. The summed E-state index contributed by atoms with van der Waals surface area (Å²) >= 11 is 0. The van der Waals surface area contributed by atoms with Crippen LogP contribution in [0.5, 0.6) is 5.75 Å². The highest BCUT2D eigenvalue weighted by molar-refractivity contribution is 5.94. The highest BCUT2D eigenvalue weighted by atomic mass is 19.1. The first kappa shape index (κ1) is 14.0. The van der Waals surface area contributed by atoms with E-state index in [1.807, 2.05) is 0 Å². The van der Waals surface area contributed by atoms with E-state index in [1.54, 1.807) is 12.1 Å². The van der Waals surface area contributed by atoms with Gasteiger partial charge in [0.05, 0.1) is 6.10 Å². The average Bonchev–Trinajstić information content (AvgIpc) is 2.45. The summed E-state index contributed by atoms with van der Waals surface area (Å²) in [7, 11) is 0. The van der Waals surface area contributed by atoms with Gasteiger partial charge in [0.1, 0.15) is 11.6 Å². The van der Waals surface area contributed by atoms with Crippen LogP contribution in [-0.4, -0.2) is 22.7 Å². The molecule has 0 heterocycles. The molecule has 1 amide bonds. The quantitative estimate of drug-likeness (QED) is 0.799. The summed E-state index contributed by atoms with van der Waals surface area (Å²) in [6, 6.07) is 11.3. The van der Waals surface area contributed by atoms with Crippen LogP contribution < -0.4 is 5.32 Å². The van der Waals surface area contributed by atoms with Crippen molar-refractivity contribution in [2.75, 3.05) is 6.54 Å². The topological polar surface area (TPSA) is 69.6 Å². The van der Waals surface area contributed by atoms with Gasteiger partial charge in [-0.05, 0) is 35.9 Å². The average molecular weight is 275 g/mol. The van der Waals surface area contributed by atoms with E-state index in [1.165, 1.54) is 36.4 Å². The molecule has 1 unspecified atom stereocenters. The Balaban J connectivity index is 1.94. The number of phenols is 1. The Morgan fingerprint density at radius 2 is 1.90 bits per heavy atom. The van der Waals surface area contributed by atoms with Gasteiger partial charge in [-0.1, -0.05) is 18.2 Å². The minimum Gasteiger partial charge on any atom is -0.508 e. The number of hydrogen-bond acceptors (Lipinski definition) is 3. The van der Waals surface area contributed by atoms with Crippen LogP contribution in [0, 0.1) is 5.82 Å². The van der Waals surface area contributed by atoms with Crippen molar-refractivity contribution in [1.29, 1.82) is 0 Å². The normalized spacial score (nSPS) is 11.9. The number of nitrogens with one attached hydrogen (secondary N) is 1. The zero-order chi connectivity index (χ0) is 14.5. The number of rotatable bonds is 4. The number of aromatic hydroxyl groups is 1. The Kier molecular flexibility index (Phi) is 4.32. The fraction of sp³-hybridized carbons (Fsp3) is 0.133. The fourth-order valence-corrected chi connectivity index (χ4v) is 1.74. The lowest BCUT2D eigenvalue weighted by Crippen LogP contribution is -2.28. The van der Waals surface area contributed by atoms with Crippen molar-refractivity contribution in [1.82, 2.24) is 5.32 Å². The highest BCUT2D eigenvalue weighted by Gasteiger charge is 2.11. The molecule has 2 aromatic carbocycles. The lowest BCUT2D eigenvalue weighted by Gasteiger charge is -2.12. The molecule has 0 spiro atoms. The second-order valence-electron chi connectivity index (χ2n) is 4.33. The largest absolute Gasteiger partial charge is 0.508 e. The van der Waals surface area contributed by atoms with Crippen LogP contribution in [0.15, 0.2) is 48.5 Å². The molecule has 20 heavy (non-hydrogen) atoms. The fourth-order valence-electron chi connectivity index (χ4n) is 1.74. The Morgan fingerprint density at radius 1 is 1.20 bits per heavy atom. The number of amides is 1. The van der Waals surface area contributed by atoms with Crippen LogP contribution in [0.3, 0.4) is 0 Å². The van der Waals surface area contributed by atoms with Gasteiger partial charge in [-0.25, -0.2) is 4.39 Å².